The molecule has 1 aromatic carbocycles. The lowest BCUT2D eigenvalue weighted by atomic mass is 9.99. The quantitative estimate of drug-likeness (QED) is 0.368. The number of rotatable bonds is 8. The van der Waals surface area contributed by atoms with E-state index < -0.39 is 43.5 Å². The van der Waals surface area contributed by atoms with Crippen molar-refractivity contribution in [2.75, 3.05) is 20.0 Å². The summed E-state index contributed by atoms with van der Waals surface area (Å²) in [7, 11) is 1.15. The smallest absolute Gasteiger partial charge is 0.443 e. The fourth-order valence-electron chi connectivity index (χ4n) is 3.75. The van der Waals surface area contributed by atoms with E-state index in [1.54, 1.807) is 11.8 Å². The summed E-state index contributed by atoms with van der Waals surface area (Å²) in [6.07, 6.45) is -5.54. The van der Waals surface area contributed by atoms with Crippen molar-refractivity contribution in [3.63, 3.8) is 0 Å². The largest absolute Gasteiger partial charge is 0.508 e. The van der Waals surface area contributed by atoms with Crippen LogP contribution in [0.15, 0.2) is 29.2 Å². The number of thioether (sulfide) groups is 1. The van der Waals surface area contributed by atoms with Crippen molar-refractivity contribution in [3.8, 4) is 5.88 Å². The lowest BCUT2D eigenvalue weighted by Gasteiger charge is -2.39. The third-order valence-electron chi connectivity index (χ3n) is 5.69. The summed E-state index contributed by atoms with van der Waals surface area (Å²) in [6.45, 7) is 5.53. The molecule has 2 heterocycles. The molecule has 1 unspecified atom stereocenters. The van der Waals surface area contributed by atoms with Crippen LogP contribution < -0.4 is 4.74 Å². The van der Waals surface area contributed by atoms with Crippen LogP contribution in [0.2, 0.25) is 0 Å². The number of methoxy groups -OCH3 is 1. The number of aliphatic hydroxyl groups excluding tert-OH is 3. The molecular formula is C23H32N2O8S. The fraction of sp³-hybridized carbons (Fsp3) is 0.565. The summed E-state index contributed by atoms with van der Waals surface area (Å²) in [5.74, 6) is 0.250. The Morgan fingerprint density at radius 3 is 2.44 bits per heavy atom. The van der Waals surface area contributed by atoms with E-state index >= 15 is 0 Å². The van der Waals surface area contributed by atoms with Crippen molar-refractivity contribution in [2.45, 2.75) is 68.8 Å². The molecule has 1 aliphatic rings. The molecule has 2 aromatic rings. The second kappa shape index (κ2) is 11.4. The first kappa shape index (κ1) is 26.3. The van der Waals surface area contributed by atoms with Gasteiger partial charge in [-0.3, -0.25) is 4.68 Å². The lowest BCUT2D eigenvalue weighted by molar-refractivity contribution is -0.278. The van der Waals surface area contributed by atoms with Crippen LogP contribution in [0.3, 0.4) is 0 Å². The maximum absolute atomic E-state index is 11.3. The van der Waals surface area contributed by atoms with Crippen LogP contribution in [0.25, 0.3) is 0 Å². The van der Waals surface area contributed by atoms with Gasteiger partial charge in [-0.05, 0) is 44.7 Å². The van der Waals surface area contributed by atoms with E-state index in [1.807, 2.05) is 56.0 Å². The van der Waals surface area contributed by atoms with Crippen LogP contribution in [0.1, 0.15) is 36.7 Å². The van der Waals surface area contributed by atoms with E-state index in [4.69, 9.17) is 14.2 Å². The SMILES string of the molecule is COC(=O)OC[C@H]1OC(Oc2nn(C(C)C)c(C)c2Cc2ccc(SC)cc2)[C@H](O)[C@@H](O)[C@@H]1O. The molecule has 11 heteroatoms. The maximum Gasteiger partial charge on any atom is 0.508 e. The topological polar surface area (TPSA) is 132 Å². The molecule has 0 amide bonds. The van der Waals surface area contributed by atoms with E-state index in [1.165, 1.54) is 0 Å². The van der Waals surface area contributed by atoms with Crippen LogP contribution in [0, 0.1) is 6.92 Å². The van der Waals surface area contributed by atoms with Crippen LogP contribution in [-0.2, 0) is 20.6 Å². The Kier molecular flexibility index (Phi) is 8.83. The Morgan fingerprint density at radius 2 is 1.85 bits per heavy atom. The Labute approximate surface area is 202 Å². The van der Waals surface area contributed by atoms with E-state index in [-0.39, 0.29) is 11.9 Å². The Balaban J connectivity index is 1.85. The van der Waals surface area contributed by atoms with Crippen LogP contribution in [0.5, 0.6) is 5.88 Å². The molecule has 34 heavy (non-hydrogen) atoms. The Hall–Kier alpha value is -2.31. The summed E-state index contributed by atoms with van der Waals surface area (Å²) in [4.78, 5) is 12.5. The normalized spacial score (nSPS) is 24.8. The number of benzene rings is 1. The van der Waals surface area contributed by atoms with Gasteiger partial charge in [-0.25, -0.2) is 4.79 Å². The highest BCUT2D eigenvalue weighted by Crippen LogP contribution is 2.31. The van der Waals surface area contributed by atoms with Gasteiger partial charge in [0.05, 0.1) is 7.11 Å². The highest BCUT2D eigenvalue weighted by atomic mass is 32.2. The second-order valence-corrected chi connectivity index (χ2v) is 9.21. The average Bonchev–Trinajstić information content (AvgIpc) is 3.13. The van der Waals surface area contributed by atoms with Gasteiger partial charge in [-0.2, -0.15) is 0 Å². The van der Waals surface area contributed by atoms with Crippen molar-refractivity contribution >= 4 is 17.9 Å². The predicted octanol–water partition coefficient (Wildman–Crippen LogP) is 2.05. The van der Waals surface area contributed by atoms with Crippen molar-refractivity contribution in [2.24, 2.45) is 0 Å². The minimum absolute atomic E-state index is 0.0563. The predicted molar refractivity (Wildman–Crippen MR) is 124 cm³/mol. The maximum atomic E-state index is 11.3. The number of hydrogen-bond acceptors (Lipinski definition) is 10. The molecule has 3 N–H and O–H groups in total. The van der Waals surface area contributed by atoms with Gasteiger partial charge in [0.2, 0.25) is 12.2 Å². The fourth-order valence-corrected chi connectivity index (χ4v) is 4.15. The minimum atomic E-state index is -1.58. The zero-order valence-corrected chi connectivity index (χ0v) is 20.7. The third-order valence-corrected chi connectivity index (χ3v) is 6.44. The van der Waals surface area contributed by atoms with Crippen molar-refractivity contribution in [3.05, 3.63) is 41.1 Å². The van der Waals surface area contributed by atoms with E-state index in [0.29, 0.717) is 6.42 Å². The van der Waals surface area contributed by atoms with Crippen LogP contribution in [-0.4, -0.2) is 81.9 Å². The molecule has 5 atom stereocenters. The summed E-state index contributed by atoms with van der Waals surface area (Å²) in [6, 6.07) is 8.21. The zero-order valence-electron chi connectivity index (χ0n) is 19.9. The third kappa shape index (κ3) is 5.84. The number of ether oxygens (including phenoxy) is 4. The van der Waals surface area contributed by atoms with Crippen molar-refractivity contribution in [1.82, 2.24) is 9.78 Å². The van der Waals surface area contributed by atoms with Gasteiger partial charge in [-0.15, -0.1) is 16.9 Å². The molecule has 1 saturated heterocycles. The van der Waals surface area contributed by atoms with E-state index in [9.17, 15) is 20.1 Å². The summed E-state index contributed by atoms with van der Waals surface area (Å²) in [5.41, 5.74) is 2.76. The van der Waals surface area contributed by atoms with Gasteiger partial charge >= 0.3 is 6.16 Å². The molecule has 1 fully saturated rings. The highest BCUT2D eigenvalue weighted by Gasteiger charge is 2.46. The summed E-state index contributed by atoms with van der Waals surface area (Å²) < 4.78 is 22.7. The van der Waals surface area contributed by atoms with Gasteiger partial charge in [0.15, 0.2) is 0 Å². The molecule has 0 radical (unpaired) electrons. The minimum Gasteiger partial charge on any atom is -0.443 e. The van der Waals surface area contributed by atoms with Gasteiger partial charge in [-0.1, -0.05) is 12.1 Å². The summed E-state index contributed by atoms with van der Waals surface area (Å²) in [5, 5.41) is 35.7. The van der Waals surface area contributed by atoms with Gasteiger partial charge in [0.25, 0.3) is 0 Å². The molecular weight excluding hydrogens is 464 g/mol. The molecule has 188 valence electrons. The van der Waals surface area contributed by atoms with E-state index in [2.05, 4.69) is 9.84 Å². The number of aliphatic hydroxyl groups is 3. The van der Waals surface area contributed by atoms with Gasteiger partial charge < -0.3 is 34.3 Å². The number of carbonyl (C=O) groups excluding carboxylic acids is 1. The average molecular weight is 497 g/mol. The highest BCUT2D eigenvalue weighted by molar-refractivity contribution is 7.98. The first-order valence-electron chi connectivity index (χ1n) is 10.9. The first-order chi connectivity index (χ1) is 16.2. The van der Waals surface area contributed by atoms with Gasteiger partial charge in [0.1, 0.15) is 31.0 Å². The first-order valence-corrected chi connectivity index (χ1v) is 12.2. The van der Waals surface area contributed by atoms with Crippen LogP contribution in [0.4, 0.5) is 4.79 Å². The summed E-state index contributed by atoms with van der Waals surface area (Å²) >= 11 is 1.66. The van der Waals surface area contributed by atoms with Crippen molar-refractivity contribution in [1.29, 1.82) is 0 Å². The molecule has 3 rings (SSSR count). The van der Waals surface area contributed by atoms with Gasteiger partial charge in [0, 0.05) is 28.6 Å². The zero-order chi connectivity index (χ0) is 25.0. The monoisotopic (exact) mass is 496 g/mol. The molecule has 0 bridgehead atoms. The lowest BCUT2D eigenvalue weighted by Crippen LogP contribution is -2.60. The Morgan fingerprint density at radius 1 is 1.18 bits per heavy atom. The second-order valence-electron chi connectivity index (χ2n) is 8.33. The molecule has 0 spiro atoms. The Bertz CT molecular complexity index is 965. The number of nitrogens with zero attached hydrogens (tertiary/aromatic N) is 2. The molecule has 0 aliphatic carbocycles. The van der Waals surface area contributed by atoms with E-state index in [0.717, 1.165) is 28.8 Å². The molecule has 0 saturated carbocycles. The number of carbonyl (C=O) groups is 1. The number of hydrogen-bond donors (Lipinski definition) is 3. The van der Waals surface area contributed by atoms with Crippen molar-refractivity contribution < 1.29 is 39.1 Å². The molecule has 10 nitrogen and oxygen atoms in total. The molecule has 1 aliphatic heterocycles. The standard InChI is InChI=1S/C23H32N2O8S/c1-12(2)25-13(3)16(10-14-6-8-15(34-5)9-7-14)21(24-25)33-22-20(28)19(27)18(26)17(32-22)11-31-23(29)30-4/h6-9,12,17-20,22,26-28H,10-11H2,1-5H3/t17-,18-,19+,20-,22?/m1/s1. The molecule has 1 aromatic heterocycles. The number of aromatic nitrogens is 2. The van der Waals surface area contributed by atoms with Crippen LogP contribution >= 0.6 is 11.8 Å².